The topological polar surface area (TPSA) is 145 Å². The Hall–Kier alpha value is -3.80. The molecule has 2 N–H and O–H groups in total. The predicted octanol–water partition coefficient (Wildman–Crippen LogP) is 4.64. The van der Waals surface area contributed by atoms with Gasteiger partial charge < -0.3 is 34.5 Å². The highest BCUT2D eigenvalue weighted by atomic mass is 35.5. The fourth-order valence-electron chi connectivity index (χ4n) is 5.92. The number of likely N-dealkylation sites (tertiary alicyclic amines) is 1. The molecule has 2 aromatic rings. The zero-order valence-corrected chi connectivity index (χ0v) is 28.7. The van der Waals surface area contributed by atoms with Gasteiger partial charge in [0.15, 0.2) is 0 Å². The molecule has 0 spiro atoms. The molecule has 5 unspecified atom stereocenters. The number of hydrogen-bond donors (Lipinski definition) is 2. The number of fused-ring (bicyclic) bond motifs is 1. The first-order valence-electron chi connectivity index (χ1n) is 15.4. The molecule has 0 radical (unpaired) electrons. The van der Waals surface area contributed by atoms with E-state index < -0.39 is 58.6 Å². The number of nitrogens with one attached hydrogen (secondary N) is 2. The van der Waals surface area contributed by atoms with Crippen LogP contribution in [0.5, 0.6) is 11.6 Å². The molecule has 252 valence electrons. The summed E-state index contributed by atoms with van der Waals surface area (Å²) in [5.74, 6) is -0.905. The van der Waals surface area contributed by atoms with Crippen molar-refractivity contribution >= 4 is 46.4 Å². The molecule has 1 aliphatic carbocycles. The minimum Gasteiger partial charge on any atom is -0.488 e. The third-order valence-corrected chi connectivity index (χ3v) is 8.65. The largest absolute Gasteiger partial charge is 0.488 e. The molecule has 2 heterocycles. The smallest absolute Gasteiger partial charge is 0.408 e. The quantitative estimate of drug-likeness (QED) is 0.367. The Balaban J connectivity index is 1.69. The number of carbonyl (C=O) groups excluding carboxylic acids is 4. The summed E-state index contributed by atoms with van der Waals surface area (Å²) in [4.78, 5) is 59.8. The highest BCUT2D eigenvalue weighted by molar-refractivity contribution is 6.35. The lowest BCUT2D eigenvalue weighted by Gasteiger charge is -2.36. The maximum Gasteiger partial charge on any atom is 0.408 e. The Morgan fingerprint density at radius 1 is 1.13 bits per heavy atom. The van der Waals surface area contributed by atoms with E-state index in [1.54, 1.807) is 39.0 Å². The number of para-hydroxylation sites is 1. The monoisotopic (exact) mass is 660 g/mol. The van der Waals surface area contributed by atoms with Crippen molar-refractivity contribution in [2.24, 2.45) is 11.3 Å². The van der Waals surface area contributed by atoms with Crippen LogP contribution in [0, 0.1) is 11.3 Å². The van der Waals surface area contributed by atoms with Crippen molar-refractivity contribution in [2.45, 2.75) is 97.1 Å². The van der Waals surface area contributed by atoms with E-state index in [0.717, 1.165) is 0 Å². The van der Waals surface area contributed by atoms with Gasteiger partial charge in [0.2, 0.25) is 17.7 Å². The summed E-state index contributed by atoms with van der Waals surface area (Å²) < 4.78 is 22.3. The van der Waals surface area contributed by atoms with Crippen LogP contribution in [-0.4, -0.2) is 83.9 Å². The first-order chi connectivity index (χ1) is 21.4. The van der Waals surface area contributed by atoms with Crippen LogP contribution in [0.3, 0.4) is 0 Å². The van der Waals surface area contributed by atoms with Gasteiger partial charge in [-0.3, -0.25) is 9.59 Å². The van der Waals surface area contributed by atoms with Gasteiger partial charge in [-0.05, 0) is 50.7 Å². The average molecular weight is 661 g/mol. The van der Waals surface area contributed by atoms with E-state index in [0.29, 0.717) is 34.5 Å². The number of esters is 1. The zero-order valence-electron chi connectivity index (χ0n) is 28.0. The molecule has 1 aliphatic heterocycles. The molecule has 4 rings (SSSR count). The first-order valence-corrected chi connectivity index (χ1v) is 15.8. The summed E-state index contributed by atoms with van der Waals surface area (Å²) in [5.41, 5.74) is -2.22. The molecule has 1 saturated carbocycles. The fourth-order valence-corrected chi connectivity index (χ4v) is 6.14. The molecular weight excluding hydrogens is 616 g/mol. The van der Waals surface area contributed by atoms with Gasteiger partial charge in [-0.1, -0.05) is 51.8 Å². The molecule has 1 saturated heterocycles. The van der Waals surface area contributed by atoms with Gasteiger partial charge in [0.1, 0.15) is 35.1 Å². The summed E-state index contributed by atoms with van der Waals surface area (Å²) in [6, 6.07) is 4.86. The van der Waals surface area contributed by atoms with Crippen molar-refractivity contribution in [3.63, 3.8) is 0 Å². The molecule has 5 atom stereocenters. The average Bonchev–Trinajstić information content (AvgIpc) is 3.52. The minimum absolute atomic E-state index is 0.0224. The Morgan fingerprint density at radius 2 is 1.83 bits per heavy atom. The van der Waals surface area contributed by atoms with Crippen LogP contribution in [0.4, 0.5) is 4.79 Å². The van der Waals surface area contributed by atoms with Crippen LogP contribution in [0.15, 0.2) is 24.3 Å². The lowest BCUT2D eigenvalue weighted by molar-refractivity contribution is -0.148. The Kier molecular flexibility index (Phi) is 10.0. The molecule has 0 bridgehead atoms. The Bertz CT molecular complexity index is 1500. The normalized spacial score (nSPS) is 23.3. The van der Waals surface area contributed by atoms with Crippen molar-refractivity contribution in [2.75, 3.05) is 20.8 Å². The van der Waals surface area contributed by atoms with Gasteiger partial charge in [-0.25, -0.2) is 14.6 Å². The van der Waals surface area contributed by atoms with Gasteiger partial charge in [-0.2, -0.15) is 0 Å². The predicted molar refractivity (Wildman–Crippen MR) is 172 cm³/mol. The van der Waals surface area contributed by atoms with Gasteiger partial charge in [0.05, 0.1) is 31.3 Å². The second kappa shape index (κ2) is 13.1. The summed E-state index contributed by atoms with van der Waals surface area (Å²) >= 11 is 6.43. The molecule has 2 aliphatic rings. The maximum absolute atomic E-state index is 14.3. The molecule has 1 aromatic carbocycles. The minimum atomic E-state index is -1.15. The van der Waals surface area contributed by atoms with E-state index in [9.17, 15) is 19.2 Å². The number of nitrogens with zero attached hydrogens (tertiary/aromatic N) is 2. The number of rotatable bonds is 9. The SMILES string of the molecule is CCC1CC1(NC(=O)C1CC(Oc2cc(OC)nc3c(Cl)cccc23)CN1C(=O)C(NC(=O)OC(C)(C)C)C(C)(C)C)C(=O)OC. The number of benzene rings is 1. The van der Waals surface area contributed by atoms with Gasteiger partial charge in [0, 0.05) is 17.9 Å². The van der Waals surface area contributed by atoms with E-state index in [1.165, 1.54) is 19.1 Å². The molecule has 2 fully saturated rings. The number of ether oxygens (including phenoxy) is 4. The van der Waals surface area contributed by atoms with Crippen LogP contribution in [0.2, 0.25) is 5.02 Å². The van der Waals surface area contributed by atoms with E-state index in [-0.39, 0.29) is 24.8 Å². The number of amides is 3. The molecule has 3 amide bonds. The number of methoxy groups -OCH3 is 2. The van der Waals surface area contributed by atoms with Crippen LogP contribution >= 0.6 is 11.6 Å². The third-order valence-electron chi connectivity index (χ3n) is 8.35. The summed E-state index contributed by atoms with van der Waals surface area (Å²) in [5, 5.41) is 6.68. The van der Waals surface area contributed by atoms with Crippen molar-refractivity contribution in [3.8, 4) is 11.6 Å². The number of pyridine rings is 1. The fraction of sp³-hybridized carbons (Fsp3) is 0.606. The number of alkyl carbamates (subject to hydrolysis) is 1. The van der Waals surface area contributed by atoms with Crippen LogP contribution in [0.1, 0.15) is 67.7 Å². The summed E-state index contributed by atoms with van der Waals surface area (Å²) in [6.07, 6.45) is -0.181. The molecule has 12 nitrogen and oxygen atoms in total. The summed E-state index contributed by atoms with van der Waals surface area (Å²) in [6.45, 7) is 12.6. The van der Waals surface area contributed by atoms with E-state index in [4.69, 9.17) is 30.5 Å². The van der Waals surface area contributed by atoms with Gasteiger partial charge in [-0.15, -0.1) is 0 Å². The van der Waals surface area contributed by atoms with Crippen molar-refractivity contribution in [1.29, 1.82) is 0 Å². The van der Waals surface area contributed by atoms with Gasteiger partial charge >= 0.3 is 12.1 Å². The second-order valence-corrected chi connectivity index (χ2v) is 14.4. The molecule has 13 heteroatoms. The Morgan fingerprint density at radius 3 is 2.39 bits per heavy atom. The molecule has 1 aromatic heterocycles. The highest BCUT2D eigenvalue weighted by Gasteiger charge is 2.62. The number of carbonyl (C=O) groups is 4. The number of hydrogen-bond acceptors (Lipinski definition) is 9. The van der Waals surface area contributed by atoms with Crippen LogP contribution in [0.25, 0.3) is 10.9 Å². The summed E-state index contributed by atoms with van der Waals surface area (Å²) in [7, 11) is 2.76. The third kappa shape index (κ3) is 7.43. The van der Waals surface area contributed by atoms with Gasteiger partial charge in [0.25, 0.3) is 0 Å². The lowest BCUT2D eigenvalue weighted by atomic mass is 9.85. The van der Waals surface area contributed by atoms with Crippen molar-refractivity contribution in [3.05, 3.63) is 29.3 Å². The Labute approximate surface area is 274 Å². The zero-order chi connectivity index (χ0) is 34.2. The molecular formula is C33H45ClN4O8. The highest BCUT2D eigenvalue weighted by Crippen LogP contribution is 2.47. The lowest BCUT2D eigenvalue weighted by Crippen LogP contribution is -2.59. The number of halogens is 1. The van der Waals surface area contributed by atoms with E-state index in [2.05, 4.69) is 15.6 Å². The first kappa shape index (κ1) is 35.1. The standard InChI is InChI=1S/C33H45ClN4O8/c1-10-18-16-33(18,29(41)44-9)37-27(39)22-14-19(45-23-15-24(43-8)35-25-20(23)12-11-13-21(25)34)17-38(22)28(40)26(31(2,3)4)36-30(42)46-32(5,6)7/h11-13,15,18-19,22,26H,10,14,16-17H2,1-9H3,(H,36,42)(H,37,39). The van der Waals surface area contributed by atoms with E-state index >= 15 is 0 Å². The van der Waals surface area contributed by atoms with Crippen molar-refractivity contribution in [1.82, 2.24) is 20.5 Å². The molecule has 46 heavy (non-hydrogen) atoms. The number of aromatic nitrogens is 1. The van der Waals surface area contributed by atoms with E-state index in [1.807, 2.05) is 33.8 Å². The maximum atomic E-state index is 14.3. The second-order valence-electron chi connectivity index (χ2n) is 14.0. The van der Waals surface area contributed by atoms with Crippen LogP contribution in [-0.2, 0) is 23.9 Å². The van der Waals surface area contributed by atoms with Crippen molar-refractivity contribution < 1.29 is 38.1 Å². The van der Waals surface area contributed by atoms with Crippen LogP contribution < -0.4 is 20.1 Å².